The number of carbonyl (C=O) groups is 1. The maximum atomic E-state index is 13.3. The monoisotopic (exact) mass is 391 g/mol. The Balaban J connectivity index is 1.43. The summed E-state index contributed by atoms with van der Waals surface area (Å²) in [5.74, 6) is 0.396. The minimum absolute atomic E-state index is 0.0971. The van der Waals surface area contributed by atoms with Crippen molar-refractivity contribution in [3.05, 3.63) is 63.9 Å². The molecule has 1 amide bonds. The number of aromatic amines is 1. The molecule has 6 rings (SSSR count). The van der Waals surface area contributed by atoms with Crippen molar-refractivity contribution < 1.29 is 4.79 Å². The van der Waals surface area contributed by atoms with Gasteiger partial charge in [-0.1, -0.05) is 17.4 Å². The Morgan fingerprint density at radius 3 is 3.04 bits per heavy atom. The summed E-state index contributed by atoms with van der Waals surface area (Å²) in [5, 5.41) is 14.6. The molecule has 4 aromatic rings. The number of amides is 1. The van der Waals surface area contributed by atoms with Crippen LogP contribution in [0.15, 0.2) is 36.8 Å². The van der Waals surface area contributed by atoms with Crippen LogP contribution in [0.5, 0.6) is 0 Å². The van der Waals surface area contributed by atoms with Crippen LogP contribution in [0.25, 0.3) is 5.52 Å². The van der Waals surface area contributed by atoms with Gasteiger partial charge in [-0.25, -0.2) is 9.50 Å². The van der Waals surface area contributed by atoms with E-state index in [0.717, 1.165) is 46.9 Å². The Hall–Kier alpha value is -3.07. The molecule has 4 aromatic heterocycles. The van der Waals surface area contributed by atoms with Crippen molar-refractivity contribution in [3.8, 4) is 0 Å². The molecule has 1 aliphatic carbocycles. The zero-order valence-electron chi connectivity index (χ0n) is 14.9. The topological polar surface area (TPSA) is 92.1 Å². The fourth-order valence-electron chi connectivity index (χ4n) is 3.83. The Kier molecular flexibility index (Phi) is 3.39. The Morgan fingerprint density at radius 1 is 1.25 bits per heavy atom. The SMILES string of the molecule is O=C(c1nnc(C2CC2)s1)N1CCc2[nH]cnc2C1c1cc2ccccn2n1. The molecular formula is C19H17N7OS. The number of pyridine rings is 1. The molecule has 0 bridgehead atoms. The van der Waals surface area contributed by atoms with Crippen molar-refractivity contribution in [3.63, 3.8) is 0 Å². The molecule has 0 aromatic carbocycles. The molecule has 1 unspecified atom stereocenters. The summed E-state index contributed by atoms with van der Waals surface area (Å²) >= 11 is 1.42. The molecule has 0 spiro atoms. The molecule has 2 aliphatic rings. The van der Waals surface area contributed by atoms with Crippen LogP contribution in [-0.4, -0.2) is 47.1 Å². The fourth-order valence-corrected chi connectivity index (χ4v) is 4.79. The number of fused-ring (bicyclic) bond motifs is 2. The van der Waals surface area contributed by atoms with Crippen molar-refractivity contribution in [2.75, 3.05) is 6.54 Å². The summed E-state index contributed by atoms with van der Waals surface area (Å²) < 4.78 is 1.83. The Labute approximate surface area is 164 Å². The smallest absolute Gasteiger partial charge is 0.285 e. The minimum Gasteiger partial charge on any atom is -0.348 e. The summed E-state index contributed by atoms with van der Waals surface area (Å²) in [6.45, 7) is 0.588. The summed E-state index contributed by atoms with van der Waals surface area (Å²) in [7, 11) is 0. The number of H-pyrrole nitrogens is 1. The van der Waals surface area contributed by atoms with Gasteiger partial charge >= 0.3 is 0 Å². The third-order valence-electron chi connectivity index (χ3n) is 5.41. The van der Waals surface area contributed by atoms with Gasteiger partial charge in [0.1, 0.15) is 11.0 Å². The largest absolute Gasteiger partial charge is 0.348 e. The zero-order valence-corrected chi connectivity index (χ0v) is 15.8. The molecule has 1 N–H and O–H groups in total. The van der Waals surface area contributed by atoms with Gasteiger partial charge in [-0.2, -0.15) is 5.10 Å². The quantitative estimate of drug-likeness (QED) is 0.579. The lowest BCUT2D eigenvalue weighted by atomic mass is 9.99. The van der Waals surface area contributed by atoms with Crippen molar-refractivity contribution in [2.24, 2.45) is 0 Å². The first-order chi connectivity index (χ1) is 13.8. The van der Waals surface area contributed by atoms with E-state index in [1.54, 1.807) is 6.33 Å². The average molecular weight is 391 g/mol. The van der Waals surface area contributed by atoms with Gasteiger partial charge in [0.25, 0.3) is 5.91 Å². The number of nitrogens with zero attached hydrogens (tertiary/aromatic N) is 6. The van der Waals surface area contributed by atoms with E-state index in [4.69, 9.17) is 5.10 Å². The molecule has 8 nitrogen and oxygen atoms in total. The van der Waals surface area contributed by atoms with Crippen LogP contribution in [0.4, 0.5) is 0 Å². The summed E-state index contributed by atoms with van der Waals surface area (Å²) in [6, 6.07) is 7.60. The zero-order chi connectivity index (χ0) is 18.7. The van der Waals surface area contributed by atoms with Crippen LogP contribution in [0.1, 0.15) is 56.7 Å². The van der Waals surface area contributed by atoms with Crippen LogP contribution >= 0.6 is 11.3 Å². The van der Waals surface area contributed by atoms with Crippen molar-refractivity contribution >= 4 is 22.8 Å². The van der Waals surface area contributed by atoms with Crippen LogP contribution in [0.3, 0.4) is 0 Å². The standard InChI is InChI=1S/C19H17N7OS/c27-19(18-23-22-17(28-18)11-4-5-11)25-8-6-13-15(21-10-20-13)16(25)14-9-12-3-1-2-7-26(12)24-14/h1-3,7,9-11,16H,4-6,8H2,(H,20,21). The first-order valence-corrected chi connectivity index (χ1v) is 10.2. The van der Waals surface area contributed by atoms with Crippen molar-refractivity contribution in [2.45, 2.75) is 31.2 Å². The maximum Gasteiger partial charge on any atom is 0.285 e. The molecule has 9 heteroatoms. The van der Waals surface area contributed by atoms with Gasteiger partial charge in [-0.15, -0.1) is 10.2 Å². The number of nitrogens with one attached hydrogen (secondary N) is 1. The average Bonchev–Trinajstić information content (AvgIpc) is 3.14. The van der Waals surface area contributed by atoms with Crippen LogP contribution in [0, 0.1) is 0 Å². The van der Waals surface area contributed by atoms with Gasteiger partial charge in [0, 0.05) is 30.8 Å². The number of imidazole rings is 1. The van der Waals surface area contributed by atoms with Gasteiger partial charge in [0.15, 0.2) is 0 Å². The van der Waals surface area contributed by atoms with Gasteiger partial charge in [-0.05, 0) is 31.0 Å². The number of hydrogen-bond donors (Lipinski definition) is 1. The number of carbonyl (C=O) groups excluding carboxylic acids is 1. The third-order valence-corrected chi connectivity index (χ3v) is 6.48. The number of aromatic nitrogens is 6. The Morgan fingerprint density at radius 2 is 2.18 bits per heavy atom. The van der Waals surface area contributed by atoms with Gasteiger partial charge in [0.05, 0.1) is 23.2 Å². The molecule has 0 radical (unpaired) electrons. The molecular weight excluding hydrogens is 374 g/mol. The van der Waals surface area contributed by atoms with Crippen LogP contribution in [0.2, 0.25) is 0 Å². The third kappa shape index (κ3) is 2.46. The number of hydrogen-bond acceptors (Lipinski definition) is 6. The highest BCUT2D eigenvalue weighted by Crippen LogP contribution is 2.42. The second kappa shape index (κ2) is 5.96. The van der Waals surface area contributed by atoms with Gasteiger partial charge in [0.2, 0.25) is 5.01 Å². The van der Waals surface area contributed by atoms with E-state index in [2.05, 4.69) is 20.2 Å². The van der Waals surface area contributed by atoms with E-state index in [1.165, 1.54) is 11.3 Å². The molecule has 1 aliphatic heterocycles. The molecule has 140 valence electrons. The van der Waals surface area contributed by atoms with E-state index >= 15 is 0 Å². The molecule has 0 saturated heterocycles. The second-order valence-electron chi connectivity index (χ2n) is 7.28. The predicted molar refractivity (Wildman–Crippen MR) is 102 cm³/mol. The fraction of sp³-hybridized carbons (Fsp3) is 0.316. The van der Waals surface area contributed by atoms with E-state index in [9.17, 15) is 4.79 Å². The minimum atomic E-state index is -0.337. The van der Waals surface area contributed by atoms with Crippen LogP contribution in [-0.2, 0) is 6.42 Å². The molecule has 1 fully saturated rings. The molecule has 28 heavy (non-hydrogen) atoms. The predicted octanol–water partition coefficient (Wildman–Crippen LogP) is 2.57. The van der Waals surface area contributed by atoms with E-state index < -0.39 is 0 Å². The molecule has 5 heterocycles. The summed E-state index contributed by atoms with van der Waals surface area (Å²) in [4.78, 5) is 22.9. The van der Waals surface area contributed by atoms with Crippen LogP contribution < -0.4 is 0 Å². The lowest BCUT2D eigenvalue weighted by Gasteiger charge is -2.33. The lowest BCUT2D eigenvalue weighted by molar-refractivity contribution is 0.0685. The van der Waals surface area contributed by atoms with Gasteiger partial charge < -0.3 is 9.88 Å². The highest BCUT2D eigenvalue weighted by molar-refractivity contribution is 7.13. The van der Waals surface area contributed by atoms with E-state index in [-0.39, 0.29) is 11.9 Å². The van der Waals surface area contributed by atoms with Crippen molar-refractivity contribution in [1.29, 1.82) is 0 Å². The first-order valence-electron chi connectivity index (χ1n) is 9.39. The van der Waals surface area contributed by atoms with Gasteiger partial charge in [-0.3, -0.25) is 4.79 Å². The molecule has 1 atom stereocenters. The highest BCUT2D eigenvalue weighted by Gasteiger charge is 2.38. The summed E-state index contributed by atoms with van der Waals surface area (Å²) in [5.41, 5.74) is 3.70. The lowest BCUT2D eigenvalue weighted by Crippen LogP contribution is -2.41. The number of rotatable bonds is 3. The van der Waals surface area contributed by atoms with E-state index in [0.29, 0.717) is 17.5 Å². The molecule has 1 saturated carbocycles. The highest BCUT2D eigenvalue weighted by atomic mass is 32.1. The van der Waals surface area contributed by atoms with E-state index in [1.807, 2.05) is 39.9 Å². The first kappa shape index (κ1) is 15.9. The van der Waals surface area contributed by atoms with Crippen molar-refractivity contribution in [1.82, 2.24) is 34.7 Å². The Bertz CT molecular complexity index is 1150. The normalized spacial score (nSPS) is 19.1. The maximum absolute atomic E-state index is 13.3. The summed E-state index contributed by atoms with van der Waals surface area (Å²) in [6.07, 6.45) is 6.63. The second-order valence-corrected chi connectivity index (χ2v) is 8.29.